The number of piperazine rings is 1. The predicted octanol–water partition coefficient (Wildman–Crippen LogP) is 0.753. The summed E-state index contributed by atoms with van der Waals surface area (Å²) in [6, 6.07) is 0. The van der Waals surface area contributed by atoms with Crippen LogP contribution in [0.25, 0.3) is 0 Å². The largest absolute Gasteiger partial charge is 0.314 e. The number of ketones is 1. The minimum atomic E-state index is 0.174. The maximum atomic E-state index is 11.7. The summed E-state index contributed by atoms with van der Waals surface area (Å²) in [5.74, 6) is 0.754. The summed E-state index contributed by atoms with van der Waals surface area (Å²) >= 11 is 0. The van der Waals surface area contributed by atoms with Gasteiger partial charge < -0.3 is 10.2 Å². The molecule has 1 aliphatic rings. The molecule has 3 nitrogen and oxygen atoms in total. The third-order valence-corrected chi connectivity index (χ3v) is 2.80. The zero-order chi connectivity index (χ0) is 10.6. The summed E-state index contributed by atoms with van der Waals surface area (Å²) in [7, 11) is 0. The van der Waals surface area contributed by atoms with Crippen LogP contribution in [0.4, 0.5) is 0 Å². The molecule has 1 aliphatic heterocycles. The van der Waals surface area contributed by atoms with Crippen molar-refractivity contribution in [2.24, 2.45) is 11.8 Å². The molecule has 0 amide bonds. The highest BCUT2D eigenvalue weighted by atomic mass is 16.1. The normalized spacial score (nSPS) is 21.1. The highest BCUT2D eigenvalue weighted by Gasteiger charge is 2.20. The van der Waals surface area contributed by atoms with Crippen LogP contribution in [0.3, 0.4) is 0 Å². The summed E-state index contributed by atoms with van der Waals surface area (Å²) in [6.45, 7) is 11.2. The van der Waals surface area contributed by atoms with Crippen LogP contribution in [0, 0.1) is 11.8 Å². The van der Waals surface area contributed by atoms with E-state index in [1.807, 2.05) is 20.8 Å². The molecule has 82 valence electrons. The Balaban J connectivity index is 2.31. The quantitative estimate of drug-likeness (QED) is 0.723. The van der Waals surface area contributed by atoms with Gasteiger partial charge in [0.15, 0.2) is 0 Å². The number of carbonyl (C=O) groups is 1. The molecule has 0 aromatic rings. The number of carbonyl (C=O) groups excluding carboxylic acids is 1. The van der Waals surface area contributed by atoms with E-state index in [1.165, 1.54) is 0 Å². The van der Waals surface area contributed by atoms with Gasteiger partial charge in [0.25, 0.3) is 0 Å². The lowest BCUT2D eigenvalue weighted by Crippen LogP contribution is -2.46. The first-order valence-corrected chi connectivity index (χ1v) is 5.58. The monoisotopic (exact) mass is 198 g/mol. The van der Waals surface area contributed by atoms with Crippen LogP contribution in [-0.4, -0.2) is 43.4 Å². The Morgan fingerprint density at radius 1 is 1.29 bits per heavy atom. The lowest BCUT2D eigenvalue weighted by Gasteiger charge is -2.29. The van der Waals surface area contributed by atoms with Crippen molar-refractivity contribution in [3.8, 4) is 0 Å². The second-order valence-corrected chi connectivity index (χ2v) is 4.51. The van der Waals surface area contributed by atoms with Crippen molar-refractivity contribution in [3.05, 3.63) is 0 Å². The number of rotatable bonds is 4. The zero-order valence-electron chi connectivity index (χ0n) is 9.55. The molecule has 1 rings (SSSR count). The molecule has 0 spiro atoms. The number of nitrogens with one attached hydrogen (secondary N) is 1. The summed E-state index contributed by atoms with van der Waals surface area (Å²) in [6.07, 6.45) is 0. The highest BCUT2D eigenvalue weighted by molar-refractivity contribution is 5.82. The van der Waals surface area contributed by atoms with Crippen molar-refractivity contribution >= 4 is 5.78 Å². The van der Waals surface area contributed by atoms with Gasteiger partial charge in [0.2, 0.25) is 0 Å². The lowest BCUT2D eigenvalue weighted by atomic mass is 9.96. The van der Waals surface area contributed by atoms with E-state index >= 15 is 0 Å². The number of hydrogen-bond acceptors (Lipinski definition) is 3. The Hall–Kier alpha value is -0.410. The van der Waals surface area contributed by atoms with E-state index in [1.54, 1.807) is 0 Å². The van der Waals surface area contributed by atoms with Gasteiger partial charge in [-0.25, -0.2) is 0 Å². The third-order valence-electron chi connectivity index (χ3n) is 2.80. The molecule has 3 heteroatoms. The van der Waals surface area contributed by atoms with Crippen LogP contribution >= 0.6 is 0 Å². The van der Waals surface area contributed by atoms with Gasteiger partial charge >= 0.3 is 0 Å². The molecule has 0 saturated carbocycles. The molecule has 1 saturated heterocycles. The Morgan fingerprint density at radius 3 is 2.36 bits per heavy atom. The average molecular weight is 198 g/mol. The molecular weight excluding hydrogens is 176 g/mol. The lowest BCUT2D eigenvalue weighted by molar-refractivity contribution is -0.125. The van der Waals surface area contributed by atoms with Gasteiger partial charge in [0, 0.05) is 44.6 Å². The smallest absolute Gasteiger partial charge is 0.139 e. The molecule has 0 bridgehead atoms. The van der Waals surface area contributed by atoms with Gasteiger partial charge in [-0.05, 0) is 0 Å². The minimum Gasteiger partial charge on any atom is -0.314 e. The van der Waals surface area contributed by atoms with Crippen LogP contribution in [0.15, 0.2) is 0 Å². The minimum absolute atomic E-state index is 0.174. The van der Waals surface area contributed by atoms with Crippen LogP contribution in [-0.2, 0) is 4.79 Å². The molecule has 1 unspecified atom stereocenters. The molecule has 1 atom stereocenters. The predicted molar refractivity (Wildman–Crippen MR) is 58.3 cm³/mol. The van der Waals surface area contributed by atoms with Crippen molar-refractivity contribution in [1.29, 1.82) is 0 Å². The van der Waals surface area contributed by atoms with E-state index in [2.05, 4.69) is 10.2 Å². The maximum Gasteiger partial charge on any atom is 0.139 e. The molecule has 1 heterocycles. The van der Waals surface area contributed by atoms with Crippen LogP contribution in [0.1, 0.15) is 20.8 Å². The van der Waals surface area contributed by atoms with E-state index < -0.39 is 0 Å². The van der Waals surface area contributed by atoms with Crippen molar-refractivity contribution < 1.29 is 4.79 Å². The number of hydrogen-bond donors (Lipinski definition) is 1. The van der Waals surface area contributed by atoms with Crippen LogP contribution in [0.5, 0.6) is 0 Å². The summed E-state index contributed by atoms with van der Waals surface area (Å²) in [4.78, 5) is 14.1. The van der Waals surface area contributed by atoms with Gasteiger partial charge in [-0.3, -0.25) is 4.79 Å². The van der Waals surface area contributed by atoms with Gasteiger partial charge in [-0.2, -0.15) is 0 Å². The highest BCUT2D eigenvalue weighted by Crippen LogP contribution is 2.08. The first-order valence-electron chi connectivity index (χ1n) is 5.58. The molecule has 0 aromatic carbocycles. The Labute approximate surface area is 86.9 Å². The fourth-order valence-corrected chi connectivity index (χ4v) is 1.94. The van der Waals surface area contributed by atoms with E-state index in [9.17, 15) is 4.79 Å². The van der Waals surface area contributed by atoms with Crippen molar-refractivity contribution in [3.63, 3.8) is 0 Å². The topological polar surface area (TPSA) is 32.3 Å². The average Bonchev–Trinajstić information content (AvgIpc) is 2.18. The van der Waals surface area contributed by atoms with Gasteiger partial charge in [-0.1, -0.05) is 20.8 Å². The molecule has 1 N–H and O–H groups in total. The van der Waals surface area contributed by atoms with Crippen molar-refractivity contribution in [2.75, 3.05) is 32.7 Å². The zero-order valence-corrected chi connectivity index (χ0v) is 9.55. The van der Waals surface area contributed by atoms with Crippen LogP contribution < -0.4 is 5.32 Å². The van der Waals surface area contributed by atoms with Crippen molar-refractivity contribution in [1.82, 2.24) is 10.2 Å². The molecule has 0 radical (unpaired) electrons. The first-order chi connectivity index (χ1) is 6.61. The number of Topliss-reactive ketones (excluding diaryl/α,β-unsaturated/α-hetero) is 1. The van der Waals surface area contributed by atoms with Gasteiger partial charge in [-0.15, -0.1) is 0 Å². The summed E-state index contributed by atoms with van der Waals surface area (Å²) < 4.78 is 0. The second kappa shape index (κ2) is 5.47. The number of nitrogens with zero attached hydrogens (tertiary/aromatic N) is 1. The van der Waals surface area contributed by atoms with Gasteiger partial charge in [0.1, 0.15) is 5.78 Å². The van der Waals surface area contributed by atoms with Gasteiger partial charge in [0.05, 0.1) is 0 Å². The van der Waals surface area contributed by atoms with E-state index in [4.69, 9.17) is 0 Å². The third kappa shape index (κ3) is 3.39. The fraction of sp³-hybridized carbons (Fsp3) is 0.909. The Bertz CT molecular complexity index is 186. The molecule has 1 fully saturated rings. The standard InChI is InChI=1S/C11H22N2O/c1-9(2)11(14)10(3)8-13-6-4-12-5-7-13/h9-10,12H,4-8H2,1-3H3. The van der Waals surface area contributed by atoms with E-state index in [0.717, 1.165) is 32.7 Å². The molecular formula is C11H22N2O. The Morgan fingerprint density at radius 2 is 1.86 bits per heavy atom. The maximum absolute atomic E-state index is 11.7. The molecule has 14 heavy (non-hydrogen) atoms. The summed E-state index contributed by atoms with van der Waals surface area (Å²) in [5.41, 5.74) is 0. The summed E-state index contributed by atoms with van der Waals surface area (Å²) in [5, 5.41) is 3.31. The second-order valence-electron chi connectivity index (χ2n) is 4.51. The molecule has 0 aromatic heterocycles. The fourth-order valence-electron chi connectivity index (χ4n) is 1.94. The van der Waals surface area contributed by atoms with E-state index in [0.29, 0.717) is 5.78 Å². The Kier molecular flexibility index (Phi) is 4.55. The van der Waals surface area contributed by atoms with E-state index in [-0.39, 0.29) is 11.8 Å². The molecule has 0 aliphatic carbocycles. The van der Waals surface area contributed by atoms with Crippen molar-refractivity contribution in [2.45, 2.75) is 20.8 Å². The van der Waals surface area contributed by atoms with Crippen LogP contribution in [0.2, 0.25) is 0 Å². The SMILES string of the molecule is CC(C)C(=O)C(C)CN1CCNCC1. The first kappa shape index (κ1) is 11.7.